The predicted octanol–water partition coefficient (Wildman–Crippen LogP) is 3.41. The van der Waals surface area contributed by atoms with E-state index < -0.39 is 0 Å². The first-order valence-electron chi connectivity index (χ1n) is 11.7. The van der Waals surface area contributed by atoms with Crippen molar-refractivity contribution in [2.75, 3.05) is 44.0 Å². The van der Waals surface area contributed by atoms with Crippen LogP contribution in [-0.4, -0.2) is 65.6 Å². The van der Waals surface area contributed by atoms with E-state index in [2.05, 4.69) is 20.0 Å². The molecule has 2 amide bonds. The fourth-order valence-corrected chi connectivity index (χ4v) is 4.83. The van der Waals surface area contributed by atoms with Crippen LogP contribution in [0.4, 0.5) is 16.8 Å². The van der Waals surface area contributed by atoms with Crippen molar-refractivity contribution in [2.24, 2.45) is 0 Å². The molecule has 0 radical (unpaired) electrons. The zero-order valence-corrected chi connectivity index (χ0v) is 20.6. The number of methoxy groups -OCH3 is 1. The van der Waals surface area contributed by atoms with Crippen LogP contribution >= 0.6 is 11.5 Å². The number of amides is 2. The maximum Gasteiger partial charge on any atom is 0.245 e. The maximum absolute atomic E-state index is 12.7. The van der Waals surface area contributed by atoms with Gasteiger partial charge >= 0.3 is 0 Å². The first kappa shape index (κ1) is 24.0. The standard InChI is InChI=1S/C25H27N5O5S/c1-33-20-8-7-16(11-21(20)35-19-9-10-34-15-19)17-12-23(32)30(13-17)14-22(31)27-25-28-24(29-36-25)26-18-5-3-2-4-6-18/h2-8,11,17,19H,9-10,12-15H2,1H3,(H2,26,27,28,29,31)/t17-,19-/m1/s1. The average molecular weight is 510 g/mol. The van der Waals surface area contributed by atoms with Crippen LogP contribution in [0.25, 0.3) is 0 Å². The Morgan fingerprint density at radius 1 is 1.22 bits per heavy atom. The highest BCUT2D eigenvalue weighted by Crippen LogP contribution is 2.36. The molecule has 0 bridgehead atoms. The lowest BCUT2D eigenvalue weighted by Gasteiger charge is -2.18. The molecule has 5 rings (SSSR count). The molecule has 2 N–H and O–H groups in total. The summed E-state index contributed by atoms with van der Waals surface area (Å²) in [4.78, 5) is 31.2. The van der Waals surface area contributed by atoms with Gasteiger partial charge in [0.25, 0.3) is 0 Å². The van der Waals surface area contributed by atoms with E-state index >= 15 is 0 Å². The third kappa shape index (κ3) is 5.74. The molecular formula is C25H27N5O5S. The number of para-hydroxylation sites is 1. The van der Waals surface area contributed by atoms with Crippen LogP contribution in [0.1, 0.15) is 24.3 Å². The number of ether oxygens (including phenoxy) is 3. The van der Waals surface area contributed by atoms with E-state index in [9.17, 15) is 9.59 Å². The monoisotopic (exact) mass is 509 g/mol. The zero-order chi connectivity index (χ0) is 24.9. The van der Waals surface area contributed by atoms with Gasteiger partial charge in [0, 0.05) is 42.5 Å². The Hall–Kier alpha value is -3.70. The largest absolute Gasteiger partial charge is 0.493 e. The second-order valence-corrected chi connectivity index (χ2v) is 9.40. The molecule has 36 heavy (non-hydrogen) atoms. The van der Waals surface area contributed by atoms with Crippen molar-refractivity contribution in [3.8, 4) is 11.5 Å². The van der Waals surface area contributed by atoms with Crippen molar-refractivity contribution >= 4 is 40.1 Å². The number of nitrogens with one attached hydrogen (secondary N) is 2. The normalized spacial score (nSPS) is 19.4. The van der Waals surface area contributed by atoms with E-state index in [-0.39, 0.29) is 30.4 Å². The molecule has 0 aliphatic carbocycles. The van der Waals surface area contributed by atoms with Crippen LogP contribution in [0.15, 0.2) is 48.5 Å². The van der Waals surface area contributed by atoms with Gasteiger partial charge in [-0.15, -0.1) is 0 Å². The molecule has 3 heterocycles. The Morgan fingerprint density at radius 2 is 2.08 bits per heavy atom. The van der Waals surface area contributed by atoms with Crippen LogP contribution in [-0.2, 0) is 14.3 Å². The minimum absolute atomic E-state index is 0.0108. The van der Waals surface area contributed by atoms with Crippen LogP contribution in [0.2, 0.25) is 0 Å². The van der Waals surface area contributed by atoms with E-state index in [4.69, 9.17) is 14.2 Å². The number of benzene rings is 2. The maximum atomic E-state index is 12.7. The van der Waals surface area contributed by atoms with E-state index in [1.54, 1.807) is 12.0 Å². The van der Waals surface area contributed by atoms with Gasteiger partial charge in [0.1, 0.15) is 6.10 Å². The fourth-order valence-electron chi connectivity index (χ4n) is 4.28. The Morgan fingerprint density at radius 3 is 2.86 bits per heavy atom. The summed E-state index contributed by atoms with van der Waals surface area (Å²) in [6.07, 6.45) is 1.15. The summed E-state index contributed by atoms with van der Waals surface area (Å²) < 4.78 is 21.2. The third-order valence-corrected chi connectivity index (χ3v) is 6.72. The van der Waals surface area contributed by atoms with Gasteiger partial charge in [0.05, 0.1) is 26.9 Å². The summed E-state index contributed by atoms with van der Waals surface area (Å²) in [5.74, 6) is 1.27. The predicted molar refractivity (Wildman–Crippen MR) is 135 cm³/mol. The fraction of sp³-hybridized carbons (Fsp3) is 0.360. The number of hydrogen-bond donors (Lipinski definition) is 2. The van der Waals surface area contributed by atoms with Gasteiger partial charge in [-0.1, -0.05) is 24.3 Å². The summed E-state index contributed by atoms with van der Waals surface area (Å²) in [6.45, 7) is 1.64. The lowest BCUT2D eigenvalue weighted by Crippen LogP contribution is -2.34. The number of aromatic nitrogens is 2. The van der Waals surface area contributed by atoms with Crippen molar-refractivity contribution in [1.29, 1.82) is 0 Å². The summed E-state index contributed by atoms with van der Waals surface area (Å²) in [6, 6.07) is 15.3. The Labute approximate surface area is 212 Å². The molecule has 2 fully saturated rings. The van der Waals surface area contributed by atoms with Gasteiger partial charge in [-0.05, 0) is 29.8 Å². The molecular weight excluding hydrogens is 482 g/mol. The molecule has 1 aromatic heterocycles. The molecule has 2 atom stereocenters. The van der Waals surface area contributed by atoms with Crippen LogP contribution in [0, 0.1) is 0 Å². The lowest BCUT2D eigenvalue weighted by molar-refractivity contribution is -0.131. The molecule has 188 valence electrons. The molecule has 0 saturated carbocycles. The summed E-state index contributed by atoms with van der Waals surface area (Å²) >= 11 is 1.08. The molecule has 3 aromatic rings. The molecule has 0 unspecified atom stereocenters. The number of likely N-dealkylation sites (tertiary alicyclic amines) is 1. The van der Waals surface area contributed by atoms with Crippen LogP contribution in [0.5, 0.6) is 11.5 Å². The van der Waals surface area contributed by atoms with Crippen molar-refractivity contribution in [3.05, 3.63) is 54.1 Å². The number of rotatable bonds is 9. The van der Waals surface area contributed by atoms with E-state index in [1.165, 1.54) is 0 Å². The smallest absolute Gasteiger partial charge is 0.245 e. The second kappa shape index (κ2) is 10.9. The van der Waals surface area contributed by atoms with E-state index in [0.717, 1.165) is 29.2 Å². The molecule has 11 heteroatoms. The van der Waals surface area contributed by atoms with Crippen LogP contribution in [0.3, 0.4) is 0 Å². The third-order valence-electron chi connectivity index (χ3n) is 6.09. The Bertz CT molecular complexity index is 1210. The minimum atomic E-state index is -0.314. The van der Waals surface area contributed by atoms with E-state index in [1.807, 2.05) is 48.5 Å². The Balaban J connectivity index is 1.18. The van der Waals surface area contributed by atoms with Crippen molar-refractivity contribution in [1.82, 2.24) is 14.3 Å². The molecule has 2 aliphatic heterocycles. The number of carbonyl (C=O) groups excluding carboxylic acids is 2. The Kier molecular flexibility index (Phi) is 7.28. The number of anilines is 3. The molecule has 0 spiro atoms. The zero-order valence-electron chi connectivity index (χ0n) is 19.8. The first-order chi connectivity index (χ1) is 17.6. The number of nitrogens with zero attached hydrogens (tertiary/aromatic N) is 3. The first-order valence-corrected chi connectivity index (χ1v) is 12.5. The molecule has 10 nitrogen and oxygen atoms in total. The quantitative estimate of drug-likeness (QED) is 0.451. The van der Waals surface area contributed by atoms with Gasteiger partial charge < -0.3 is 24.4 Å². The highest BCUT2D eigenvalue weighted by Gasteiger charge is 2.32. The highest BCUT2D eigenvalue weighted by atomic mass is 32.1. The van der Waals surface area contributed by atoms with Gasteiger partial charge in [-0.2, -0.15) is 9.36 Å². The topological polar surface area (TPSA) is 115 Å². The SMILES string of the molecule is COc1ccc([C@@H]2CC(=O)N(CC(=O)Nc3nc(Nc4ccccc4)ns3)C2)cc1O[C@@H]1CCOC1. The summed E-state index contributed by atoms with van der Waals surface area (Å²) in [5, 5.41) is 6.19. The lowest BCUT2D eigenvalue weighted by atomic mass is 9.98. The summed E-state index contributed by atoms with van der Waals surface area (Å²) in [5.41, 5.74) is 1.83. The van der Waals surface area contributed by atoms with E-state index in [0.29, 0.717) is 48.8 Å². The number of hydrogen-bond acceptors (Lipinski definition) is 9. The van der Waals surface area contributed by atoms with Gasteiger partial charge in [0.2, 0.25) is 22.9 Å². The molecule has 2 aromatic carbocycles. The van der Waals surface area contributed by atoms with Gasteiger partial charge in [0.15, 0.2) is 11.5 Å². The molecule has 2 saturated heterocycles. The highest BCUT2D eigenvalue weighted by molar-refractivity contribution is 7.10. The van der Waals surface area contributed by atoms with Crippen molar-refractivity contribution < 1.29 is 23.8 Å². The minimum Gasteiger partial charge on any atom is -0.493 e. The van der Waals surface area contributed by atoms with Crippen molar-refractivity contribution in [2.45, 2.75) is 24.9 Å². The summed E-state index contributed by atoms with van der Waals surface area (Å²) in [7, 11) is 1.60. The van der Waals surface area contributed by atoms with Crippen molar-refractivity contribution in [3.63, 3.8) is 0 Å². The second-order valence-electron chi connectivity index (χ2n) is 8.65. The number of carbonyl (C=O) groups is 2. The molecule has 2 aliphatic rings. The average Bonchev–Trinajstić information content (AvgIpc) is 3.63. The van der Waals surface area contributed by atoms with Gasteiger partial charge in [-0.3, -0.25) is 14.9 Å². The van der Waals surface area contributed by atoms with Crippen LogP contribution < -0.4 is 20.1 Å². The van der Waals surface area contributed by atoms with Gasteiger partial charge in [-0.25, -0.2) is 0 Å².